The number of amides is 2. The van der Waals surface area contributed by atoms with Crippen LogP contribution in [0.1, 0.15) is 6.92 Å². The molecule has 5 nitrogen and oxygen atoms in total. The van der Waals surface area contributed by atoms with Crippen molar-refractivity contribution in [3.63, 3.8) is 0 Å². The Hall–Kier alpha value is -1.30. The molecule has 0 aromatic carbocycles. The summed E-state index contributed by atoms with van der Waals surface area (Å²) in [5.41, 5.74) is 0. The Bertz CT molecular complexity index is 264. The van der Waals surface area contributed by atoms with E-state index in [1.54, 1.807) is 0 Å². The lowest BCUT2D eigenvalue weighted by molar-refractivity contribution is -0.134. The van der Waals surface area contributed by atoms with E-state index in [9.17, 15) is 14.0 Å². The summed E-state index contributed by atoms with van der Waals surface area (Å²) < 4.78 is 12.6. The lowest BCUT2D eigenvalue weighted by Crippen LogP contribution is -2.48. The van der Waals surface area contributed by atoms with Gasteiger partial charge in [0.2, 0.25) is 0 Å². The summed E-state index contributed by atoms with van der Waals surface area (Å²) in [4.78, 5) is 24.8. The summed E-state index contributed by atoms with van der Waals surface area (Å²) in [6, 6.07) is 0. The van der Waals surface area contributed by atoms with Crippen LogP contribution in [0.25, 0.3) is 0 Å². The maximum Gasteiger partial charge on any atom is 0.291 e. The molecular weight excluding hydrogens is 177 g/mol. The molecule has 1 aliphatic heterocycles. The molecule has 1 aliphatic rings. The number of nitrogens with zero attached hydrogens (tertiary/aromatic N) is 1. The van der Waals surface area contributed by atoms with Gasteiger partial charge in [0.15, 0.2) is 0 Å². The molecular formula is C7H10FN3O2. The molecule has 6 heteroatoms. The second-order valence-electron chi connectivity index (χ2n) is 2.53. The van der Waals surface area contributed by atoms with E-state index in [0.717, 1.165) is 0 Å². The van der Waals surface area contributed by atoms with Gasteiger partial charge in [-0.1, -0.05) is 6.92 Å². The predicted octanol–water partition coefficient (Wildman–Crippen LogP) is -1.01. The minimum atomic E-state index is -2.15. The van der Waals surface area contributed by atoms with Gasteiger partial charge in [0, 0.05) is 0 Å². The molecule has 0 aromatic heterocycles. The average molecular weight is 187 g/mol. The molecule has 1 rings (SSSR count). The second-order valence-corrected chi connectivity index (χ2v) is 2.53. The number of halogens is 1. The van der Waals surface area contributed by atoms with E-state index in [2.05, 4.69) is 15.6 Å². The van der Waals surface area contributed by atoms with Crippen molar-refractivity contribution in [1.29, 1.82) is 0 Å². The van der Waals surface area contributed by atoms with Gasteiger partial charge in [-0.25, -0.2) is 4.39 Å². The van der Waals surface area contributed by atoms with Crippen LogP contribution in [0.5, 0.6) is 0 Å². The first-order valence-electron chi connectivity index (χ1n) is 3.92. The second kappa shape index (κ2) is 4.08. The number of carbonyl (C=O) groups is 2. The highest BCUT2D eigenvalue weighted by atomic mass is 19.1. The van der Waals surface area contributed by atoms with Crippen molar-refractivity contribution in [2.75, 3.05) is 13.1 Å². The van der Waals surface area contributed by atoms with Crippen LogP contribution in [0.2, 0.25) is 0 Å². The van der Waals surface area contributed by atoms with Crippen molar-refractivity contribution < 1.29 is 14.0 Å². The van der Waals surface area contributed by atoms with Crippen LogP contribution in [0, 0.1) is 0 Å². The summed E-state index contributed by atoms with van der Waals surface area (Å²) >= 11 is 0. The fraction of sp³-hybridized carbons (Fsp3) is 0.571. The van der Waals surface area contributed by atoms with Gasteiger partial charge >= 0.3 is 0 Å². The molecule has 0 spiro atoms. The molecule has 1 heterocycles. The highest BCUT2D eigenvalue weighted by Crippen LogP contribution is 2.00. The largest absolute Gasteiger partial charge is 0.310 e. The Kier molecular flexibility index (Phi) is 3.07. The topological polar surface area (TPSA) is 70.6 Å². The number of likely N-dealkylation sites (N-methyl/N-ethyl adjacent to an activating group) is 1. The molecule has 0 aromatic rings. The van der Waals surface area contributed by atoms with Crippen molar-refractivity contribution in [2.24, 2.45) is 4.99 Å². The third-order valence-corrected chi connectivity index (χ3v) is 1.50. The molecule has 0 radical (unpaired) electrons. The number of aliphatic imine (C=N–C) groups is 1. The van der Waals surface area contributed by atoms with Gasteiger partial charge in [0.25, 0.3) is 18.0 Å². The monoisotopic (exact) mass is 187 g/mol. The number of rotatable bonds is 3. The number of alkyl halides is 1. The molecule has 1 atom stereocenters. The zero-order chi connectivity index (χ0) is 9.84. The van der Waals surface area contributed by atoms with Crippen molar-refractivity contribution in [2.45, 2.75) is 13.1 Å². The third-order valence-electron chi connectivity index (χ3n) is 1.50. The van der Waals surface area contributed by atoms with Crippen LogP contribution >= 0.6 is 0 Å². The Labute approximate surface area is 74.4 Å². The highest BCUT2D eigenvalue weighted by molar-refractivity contribution is 6.18. The molecule has 72 valence electrons. The van der Waals surface area contributed by atoms with E-state index >= 15 is 0 Å². The van der Waals surface area contributed by atoms with Gasteiger partial charge in [0.1, 0.15) is 5.84 Å². The van der Waals surface area contributed by atoms with Gasteiger partial charge in [-0.15, -0.1) is 0 Å². The lowest BCUT2D eigenvalue weighted by Gasteiger charge is -2.14. The molecule has 0 saturated heterocycles. The van der Waals surface area contributed by atoms with Crippen molar-refractivity contribution >= 4 is 17.6 Å². The number of nitrogens with one attached hydrogen (secondary N) is 2. The highest BCUT2D eigenvalue weighted by Gasteiger charge is 2.31. The Balaban J connectivity index is 2.62. The minimum absolute atomic E-state index is 0.172. The van der Waals surface area contributed by atoms with Crippen LogP contribution in [-0.4, -0.2) is 36.9 Å². The summed E-state index contributed by atoms with van der Waals surface area (Å²) in [7, 11) is 0. The molecule has 0 saturated carbocycles. The number of hydrogen-bond acceptors (Lipinski definition) is 3. The van der Waals surface area contributed by atoms with Crippen LogP contribution < -0.4 is 10.6 Å². The normalized spacial score (nSPS) is 22.6. The number of amidine groups is 1. The van der Waals surface area contributed by atoms with Crippen LogP contribution in [0.3, 0.4) is 0 Å². The minimum Gasteiger partial charge on any atom is -0.310 e. The Morgan fingerprint density at radius 3 is 2.85 bits per heavy atom. The van der Waals surface area contributed by atoms with Crippen LogP contribution in [0.15, 0.2) is 4.99 Å². The standard InChI is InChI=1S/C7H10FN3O2/c1-2-9-3-4-10-6(12)5(8)7(13)11-4/h5,9H,2-3H2,1H3,(H,10,11,12,13). The van der Waals surface area contributed by atoms with E-state index in [1.807, 2.05) is 6.92 Å². The summed E-state index contributed by atoms with van der Waals surface area (Å²) in [5.74, 6) is -1.80. The summed E-state index contributed by atoms with van der Waals surface area (Å²) in [5, 5.41) is 5.04. The van der Waals surface area contributed by atoms with Crippen LogP contribution in [0.4, 0.5) is 4.39 Å². The Morgan fingerprint density at radius 1 is 1.62 bits per heavy atom. The van der Waals surface area contributed by atoms with Gasteiger partial charge in [0.05, 0.1) is 6.54 Å². The quantitative estimate of drug-likeness (QED) is 0.556. The van der Waals surface area contributed by atoms with E-state index < -0.39 is 18.0 Å². The van der Waals surface area contributed by atoms with E-state index in [1.165, 1.54) is 0 Å². The summed E-state index contributed by atoms with van der Waals surface area (Å²) in [6.45, 7) is 2.81. The van der Waals surface area contributed by atoms with Gasteiger partial charge in [-0.05, 0) is 6.54 Å². The molecule has 1 unspecified atom stereocenters. The zero-order valence-electron chi connectivity index (χ0n) is 7.13. The summed E-state index contributed by atoms with van der Waals surface area (Å²) in [6.07, 6.45) is -2.15. The lowest BCUT2D eigenvalue weighted by atomic mass is 10.3. The van der Waals surface area contributed by atoms with E-state index in [0.29, 0.717) is 6.54 Å². The molecule has 0 bridgehead atoms. The molecule has 13 heavy (non-hydrogen) atoms. The SMILES string of the molecule is CCNCC1=NC(=O)C(F)C(=O)N1. The van der Waals surface area contributed by atoms with Gasteiger partial charge < -0.3 is 10.6 Å². The molecule has 0 fully saturated rings. The fourth-order valence-corrected chi connectivity index (χ4v) is 0.862. The smallest absolute Gasteiger partial charge is 0.291 e. The van der Waals surface area contributed by atoms with E-state index in [4.69, 9.17) is 0 Å². The first kappa shape index (κ1) is 9.79. The van der Waals surface area contributed by atoms with Crippen molar-refractivity contribution in [1.82, 2.24) is 10.6 Å². The van der Waals surface area contributed by atoms with Gasteiger partial charge in [-0.3, -0.25) is 9.59 Å². The first-order valence-corrected chi connectivity index (χ1v) is 3.92. The maximum absolute atomic E-state index is 12.6. The first-order chi connectivity index (χ1) is 6.15. The average Bonchev–Trinajstić information content (AvgIpc) is 2.10. The van der Waals surface area contributed by atoms with Crippen molar-refractivity contribution in [3.05, 3.63) is 0 Å². The Morgan fingerprint density at radius 2 is 2.31 bits per heavy atom. The molecule has 2 amide bonds. The molecule has 0 aliphatic carbocycles. The predicted molar refractivity (Wildman–Crippen MR) is 44.0 cm³/mol. The zero-order valence-corrected chi connectivity index (χ0v) is 7.13. The fourth-order valence-electron chi connectivity index (χ4n) is 0.862. The van der Waals surface area contributed by atoms with Crippen LogP contribution in [-0.2, 0) is 9.59 Å². The molecule has 2 N–H and O–H groups in total. The number of carbonyl (C=O) groups excluding carboxylic acids is 2. The van der Waals surface area contributed by atoms with Gasteiger partial charge in [-0.2, -0.15) is 4.99 Å². The van der Waals surface area contributed by atoms with E-state index in [-0.39, 0.29) is 12.4 Å². The third kappa shape index (κ3) is 2.32. The maximum atomic E-state index is 12.6. The number of hydrogen-bond donors (Lipinski definition) is 2. The van der Waals surface area contributed by atoms with Crippen molar-refractivity contribution in [3.8, 4) is 0 Å².